The molecule has 0 unspecified atom stereocenters. The molecule has 0 spiro atoms. The third-order valence-corrected chi connectivity index (χ3v) is 2.67. The molecule has 0 bridgehead atoms. The molecule has 0 fully saturated rings. The Labute approximate surface area is 107 Å². The van der Waals surface area contributed by atoms with Gasteiger partial charge in [-0.2, -0.15) is 0 Å². The fraction of sp³-hybridized carbons (Fsp3) is 0.200. The third kappa shape index (κ3) is 2.81. The molecule has 0 saturated carbocycles. The zero-order valence-corrected chi connectivity index (χ0v) is 10.6. The second-order valence-corrected chi connectivity index (χ2v) is 4.47. The molecule has 2 rings (SSSR count). The molecule has 0 aliphatic carbocycles. The van der Waals surface area contributed by atoms with Gasteiger partial charge < -0.3 is 4.90 Å². The Morgan fingerprint density at radius 1 is 1.17 bits per heavy atom. The predicted molar refractivity (Wildman–Crippen MR) is 71.5 cm³/mol. The van der Waals surface area contributed by atoms with Crippen molar-refractivity contribution in [2.45, 2.75) is 6.54 Å². The van der Waals surface area contributed by atoms with Crippen molar-refractivity contribution >= 4 is 5.78 Å². The molecule has 1 heterocycles. The van der Waals surface area contributed by atoms with Gasteiger partial charge in [0, 0.05) is 30.1 Å². The summed E-state index contributed by atoms with van der Waals surface area (Å²) in [6.45, 7) is 0.752. The number of benzene rings is 1. The molecular formula is C15H16N2O. The summed E-state index contributed by atoms with van der Waals surface area (Å²) >= 11 is 0. The van der Waals surface area contributed by atoms with Gasteiger partial charge in [0.25, 0.3) is 0 Å². The summed E-state index contributed by atoms with van der Waals surface area (Å²) in [5, 5.41) is 0. The van der Waals surface area contributed by atoms with Gasteiger partial charge in [0.1, 0.15) is 0 Å². The summed E-state index contributed by atoms with van der Waals surface area (Å²) < 4.78 is 0. The maximum absolute atomic E-state index is 12.4. The highest BCUT2D eigenvalue weighted by atomic mass is 16.1. The summed E-state index contributed by atoms with van der Waals surface area (Å²) in [5.41, 5.74) is 2.42. The van der Waals surface area contributed by atoms with Crippen LogP contribution in [0.2, 0.25) is 0 Å². The van der Waals surface area contributed by atoms with Crippen LogP contribution >= 0.6 is 0 Å². The third-order valence-electron chi connectivity index (χ3n) is 2.67. The van der Waals surface area contributed by atoms with Crippen molar-refractivity contribution in [3.8, 4) is 0 Å². The van der Waals surface area contributed by atoms with Crippen LogP contribution in [0.4, 0.5) is 0 Å². The highest BCUT2D eigenvalue weighted by Gasteiger charge is 2.13. The van der Waals surface area contributed by atoms with E-state index in [0.717, 1.165) is 17.7 Å². The van der Waals surface area contributed by atoms with Gasteiger partial charge in [-0.1, -0.05) is 24.3 Å². The van der Waals surface area contributed by atoms with E-state index in [0.29, 0.717) is 5.56 Å². The van der Waals surface area contributed by atoms with E-state index in [2.05, 4.69) is 9.88 Å². The summed E-state index contributed by atoms with van der Waals surface area (Å²) in [6.07, 6.45) is 3.28. The molecule has 3 heteroatoms. The maximum atomic E-state index is 12.4. The van der Waals surface area contributed by atoms with Crippen molar-refractivity contribution in [2.75, 3.05) is 14.1 Å². The van der Waals surface area contributed by atoms with Gasteiger partial charge in [0.05, 0.1) is 0 Å². The molecule has 0 N–H and O–H groups in total. The van der Waals surface area contributed by atoms with E-state index in [4.69, 9.17) is 0 Å². The summed E-state index contributed by atoms with van der Waals surface area (Å²) in [5.74, 6) is 0.0283. The zero-order chi connectivity index (χ0) is 13.0. The van der Waals surface area contributed by atoms with E-state index in [9.17, 15) is 4.79 Å². The van der Waals surface area contributed by atoms with Gasteiger partial charge in [-0.15, -0.1) is 0 Å². The molecule has 0 aliphatic heterocycles. The number of hydrogen-bond acceptors (Lipinski definition) is 3. The van der Waals surface area contributed by atoms with Gasteiger partial charge in [0.15, 0.2) is 5.78 Å². The lowest BCUT2D eigenvalue weighted by Crippen LogP contribution is -2.14. The SMILES string of the molecule is CN(C)Cc1ccccc1C(=O)c1cccnc1. The van der Waals surface area contributed by atoms with Gasteiger partial charge in [-0.3, -0.25) is 9.78 Å². The molecule has 2 aromatic rings. The van der Waals surface area contributed by atoms with Crippen molar-refractivity contribution in [3.05, 3.63) is 65.5 Å². The fourth-order valence-corrected chi connectivity index (χ4v) is 1.87. The number of carbonyl (C=O) groups excluding carboxylic acids is 1. The quantitative estimate of drug-likeness (QED) is 0.769. The standard InChI is InChI=1S/C15H16N2O/c1-17(2)11-13-6-3-4-8-14(13)15(18)12-7-5-9-16-10-12/h3-10H,11H2,1-2H3. The van der Waals surface area contributed by atoms with Crippen LogP contribution in [0.25, 0.3) is 0 Å². The zero-order valence-electron chi connectivity index (χ0n) is 10.6. The number of ketones is 1. The Hall–Kier alpha value is -2.00. The van der Waals surface area contributed by atoms with Crippen LogP contribution in [-0.2, 0) is 6.54 Å². The van der Waals surface area contributed by atoms with Crippen LogP contribution in [0, 0.1) is 0 Å². The molecular weight excluding hydrogens is 224 g/mol. The van der Waals surface area contributed by atoms with Crippen LogP contribution < -0.4 is 0 Å². The molecule has 1 aromatic heterocycles. The van der Waals surface area contributed by atoms with Gasteiger partial charge in [-0.25, -0.2) is 0 Å². The Morgan fingerprint density at radius 2 is 1.94 bits per heavy atom. The normalized spacial score (nSPS) is 10.6. The summed E-state index contributed by atoms with van der Waals surface area (Å²) in [6, 6.07) is 11.3. The second-order valence-electron chi connectivity index (χ2n) is 4.47. The van der Waals surface area contributed by atoms with Crippen LogP contribution in [0.1, 0.15) is 21.5 Å². The molecule has 0 amide bonds. The minimum Gasteiger partial charge on any atom is -0.305 e. The van der Waals surface area contributed by atoms with E-state index in [1.807, 2.05) is 38.4 Å². The summed E-state index contributed by atoms with van der Waals surface area (Å²) in [7, 11) is 3.98. The first-order valence-electron chi connectivity index (χ1n) is 5.86. The highest BCUT2D eigenvalue weighted by molar-refractivity contribution is 6.09. The minimum atomic E-state index is 0.0283. The summed E-state index contributed by atoms with van der Waals surface area (Å²) in [4.78, 5) is 18.4. The number of aromatic nitrogens is 1. The topological polar surface area (TPSA) is 33.2 Å². The van der Waals surface area contributed by atoms with Crippen LogP contribution in [0.5, 0.6) is 0 Å². The number of rotatable bonds is 4. The number of hydrogen-bond donors (Lipinski definition) is 0. The van der Waals surface area contributed by atoms with Crippen molar-refractivity contribution in [2.24, 2.45) is 0 Å². The second kappa shape index (κ2) is 5.56. The molecule has 0 saturated heterocycles. The van der Waals surface area contributed by atoms with Gasteiger partial charge in [-0.05, 0) is 31.8 Å². The average Bonchev–Trinajstić information content (AvgIpc) is 2.39. The molecule has 1 aromatic carbocycles. The average molecular weight is 240 g/mol. The van der Waals surface area contributed by atoms with Crippen molar-refractivity contribution in [3.63, 3.8) is 0 Å². The number of carbonyl (C=O) groups is 1. The lowest BCUT2D eigenvalue weighted by Gasteiger charge is -2.13. The van der Waals surface area contributed by atoms with E-state index in [1.165, 1.54) is 0 Å². The van der Waals surface area contributed by atoms with Crippen molar-refractivity contribution in [1.29, 1.82) is 0 Å². The van der Waals surface area contributed by atoms with E-state index < -0.39 is 0 Å². The maximum Gasteiger partial charge on any atom is 0.194 e. The molecule has 0 atom stereocenters. The van der Waals surface area contributed by atoms with Crippen LogP contribution in [0.3, 0.4) is 0 Å². The number of nitrogens with zero attached hydrogens (tertiary/aromatic N) is 2. The Morgan fingerprint density at radius 3 is 2.61 bits per heavy atom. The fourth-order valence-electron chi connectivity index (χ4n) is 1.87. The lowest BCUT2D eigenvalue weighted by molar-refractivity contribution is 0.103. The first-order chi connectivity index (χ1) is 8.68. The number of pyridine rings is 1. The first-order valence-corrected chi connectivity index (χ1v) is 5.86. The molecule has 18 heavy (non-hydrogen) atoms. The highest BCUT2D eigenvalue weighted by Crippen LogP contribution is 2.15. The molecule has 0 aliphatic rings. The monoisotopic (exact) mass is 240 g/mol. The van der Waals surface area contributed by atoms with Gasteiger partial charge >= 0.3 is 0 Å². The Balaban J connectivity index is 2.36. The molecule has 92 valence electrons. The van der Waals surface area contributed by atoms with Crippen LogP contribution in [0.15, 0.2) is 48.8 Å². The Kier molecular flexibility index (Phi) is 3.85. The van der Waals surface area contributed by atoms with Crippen molar-refractivity contribution in [1.82, 2.24) is 9.88 Å². The largest absolute Gasteiger partial charge is 0.305 e. The first kappa shape index (κ1) is 12.5. The van der Waals surface area contributed by atoms with E-state index >= 15 is 0 Å². The lowest BCUT2D eigenvalue weighted by atomic mass is 9.99. The van der Waals surface area contributed by atoms with E-state index in [1.54, 1.807) is 24.5 Å². The minimum absolute atomic E-state index is 0.0283. The Bertz CT molecular complexity index is 535. The molecule has 3 nitrogen and oxygen atoms in total. The van der Waals surface area contributed by atoms with E-state index in [-0.39, 0.29) is 5.78 Å². The molecule has 0 radical (unpaired) electrons. The van der Waals surface area contributed by atoms with Gasteiger partial charge in [0.2, 0.25) is 0 Å². The smallest absolute Gasteiger partial charge is 0.194 e. The predicted octanol–water partition coefficient (Wildman–Crippen LogP) is 2.37. The van der Waals surface area contributed by atoms with Crippen molar-refractivity contribution < 1.29 is 4.79 Å². The van der Waals surface area contributed by atoms with Crippen LogP contribution in [-0.4, -0.2) is 29.8 Å².